The molecule has 33 heavy (non-hydrogen) atoms. The average molecular weight is 466 g/mol. The molecule has 9 nitrogen and oxygen atoms in total. The summed E-state index contributed by atoms with van der Waals surface area (Å²) in [4.78, 5) is 4.74. The van der Waals surface area contributed by atoms with Crippen LogP contribution in [0.15, 0.2) is 53.2 Å². The van der Waals surface area contributed by atoms with E-state index in [2.05, 4.69) is 15.2 Å². The van der Waals surface area contributed by atoms with E-state index in [4.69, 9.17) is 10.1 Å². The van der Waals surface area contributed by atoms with Crippen LogP contribution in [0.25, 0.3) is 22.3 Å². The number of methoxy groups -OCH3 is 1. The minimum atomic E-state index is -3.27. The zero-order chi connectivity index (χ0) is 23.9. The number of benzene rings is 2. The van der Waals surface area contributed by atoms with Gasteiger partial charge in [0.25, 0.3) is 0 Å². The molecule has 0 fully saturated rings. The van der Waals surface area contributed by atoms with Gasteiger partial charge < -0.3 is 15.3 Å². The number of aliphatic hydroxyl groups is 1. The monoisotopic (exact) mass is 465 g/mol. The summed E-state index contributed by atoms with van der Waals surface area (Å²) in [6, 6.07) is 10.2. The van der Waals surface area contributed by atoms with Crippen LogP contribution in [0.5, 0.6) is 5.75 Å². The molecule has 0 saturated heterocycles. The maximum Gasteiger partial charge on any atom is 0.179 e. The summed E-state index contributed by atoms with van der Waals surface area (Å²) >= 11 is 0. The number of hydrogen-bond acceptors (Lipinski definition) is 8. The predicted octanol–water partition coefficient (Wildman–Crippen LogP) is 3.61. The van der Waals surface area contributed by atoms with E-state index >= 15 is 0 Å². The van der Waals surface area contributed by atoms with Gasteiger partial charge in [0.1, 0.15) is 11.6 Å². The van der Waals surface area contributed by atoms with Gasteiger partial charge in [-0.1, -0.05) is 12.1 Å². The third-order valence-corrected chi connectivity index (χ3v) is 6.46. The van der Waals surface area contributed by atoms with Gasteiger partial charge in [-0.2, -0.15) is 0 Å². The first-order chi connectivity index (χ1) is 15.6. The maximum atomic E-state index is 11.7. The van der Waals surface area contributed by atoms with Gasteiger partial charge in [-0.05, 0) is 37.6 Å². The van der Waals surface area contributed by atoms with Gasteiger partial charge in [-0.15, -0.1) is 10.2 Å². The number of nitrogens with zero attached hydrogens (tertiary/aromatic N) is 4. The van der Waals surface area contributed by atoms with Crippen molar-refractivity contribution >= 4 is 37.8 Å². The van der Waals surface area contributed by atoms with Crippen molar-refractivity contribution in [3.05, 3.63) is 65.3 Å². The lowest BCUT2D eigenvalue weighted by Gasteiger charge is -2.14. The van der Waals surface area contributed by atoms with Crippen molar-refractivity contribution in [1.29, 1.82) is 5.41 Å². The maximum absolute atomic E-state index is 11.7. The zero-order valence-electron chi connectivity index (χ0n) is 18.6. The Morgan fingerprint density at radius 2 is 1.85 bits per heavy atom. The largest absolute Gasteiger partial charge is 0.512 e. The Labute approximate surface area is 190 Å². The molecule has 4 rings (SSSR count). The molecule has 0 bridgehead atoms. The highest BCUT2D eigenvalue weighted by molar-refractivity contribution is 7.90. The molecule has 0 radical (unpaired) electrons. The Balaban J connectivity index is 1.87. The number of aliphatic hydroxyl groups excluding tert-OH is 1. The molecule has 0 aliphatic carbocycles. The van der Waals surface area contributed by atoms with Crippen molar-refractivity contribution in [2.45, 2.75) is 25.2 Å². The summed E-state index contributed by atoms with van der Waals surface area (Å²) in [6.07, 6.45) is 3.21. The molecule has 2 aromatic heterocycles. The summed E-state index contributed by atoms with van der Waals surface area (Å²) in [5.41, 5.74) is 3.91. The number of sulfone groups is 1. The fourth-order valence-corrected chi connectivity index (χ4v) is 4.46. The highest BCUT2D eigenvalue weighted by Gasteiger charge is 2.18. The predicted molar refractivity (Wildman–Crippen MR) is 126 cm³/mol. The summed E-state index contributed by atoms with van der Waals surface area (Å²) in [6.45, 7) is 3.13. The molecule has 10 heteroatoms. The van der Waals surface area contributed by atoms with Crippen LogP contribution in [0.4, 0.5) is 0 Å². The molecule has 0 aliphatic heterocycles. The Kier molecular flexibility index (Phi) is 5.62. The normalized spacial score (nSPS) is 12.7. The summed E-state index contributed by atoms with van der Waals surface area (Å²) in [5.74, 6) is 1.14. The van der Waals surface area contributed by atoms with Crippen LogP contribution in [-0.4, -0.2) is 52.2 Å². The van der Waals surface area contributed by atoms with E-state index in [1.54, 1.807) is 49.5 Å². The molecular weight excluding hydrogens is 442 g/mol. The van der Waals surface area contributed by atoms with Crippen LogP contribution in [0.1, 0.15) is 30.8 Å². The van der Waals surface area contributed by atoms with Crippen LogP contribution < -0.4 is 4.74 Å². The SMILES string of the molecule is COc1cc2c(cc1/C(C(C)=N)=C(\C)O)ncc1nnc(Cc3ccc(S(C)(=O)=O)cc3)n12. The van der Waals surface area contributed by atoms with Gasteiger partial charge in [0.15, 0.2) is 15.5 Å². The number of fused-ring (bicyclic) bond motifs is 3. The van der Waals surface area contributed by atoms with Gasteiger partial charge in [-0.25, -0.2) is 8.42 Å². The van der Waals surface area contributed by atoms with Gasteiger partial charge in [0, 0.05) is 35.6 Å². The van der Waals surface area contributed by atoms with Crippen LogP contribution >= 0.6 is 0 Å². The molecule has 0 amide bonds. The van der Waals surface area contributed by atoms with Crippen molar-refractivity contribution in [3.8, 4) is 5.75 Å². The fraction of sp³-hybridized carbons (Fsp3) is 0.217. The second-order valence-corrected chi connectivity index (χ2v) is 9.80. The molecule has 0 unspecified atom stereocenters. The molecule has 0 spiro atoms. The topological polar surface area (TPSA) is 131 Å². The summed E-state index contributed by atoms with van der Waals surface area (Å²) in [5, 5.41) is 26.7. The molecule has 4 aromatic rings. The van der Waals surface area contributed by atoms with Crippen LogP contribution in [0, 0.1) is 5.41 Å². The minimum absolute atomic E-state index is 0.0174. The van der Waals surface area contributed by atoms with Crippen LogP contribution in [-0.2, 0) is 16.3 Å². The Morgan fingerprint density at radius 3 is 2.42 bits per heavy atom. The Morgan fingerprint density at radius 1 is 1.15 bits per heavy atom. The lowest BCUT2D eigenvalue weighted by molar-refractivity contribution is 0.409. The minimum Gasteiger partial charge on any atom is -0.512 e. The van der Waals surface area contributed by atoms with Gasteiger partial charge in [0.2, 0.25) is 0 Å². The average Bonchev–Trinajstić information content (AvgIpc) is 3.15. The first-order valence-corrected chi connectivity index (χ1v) is 11.9. The first-order valence-electron chi connectivity index (χ1n) is 10.1. The number of rotatable bonds is 6. The van der Waals surface area contributed by atoms with Crippen LogP contribution in [0.2, 0.25) is 0 Å². The molecule has 0 atom stereocenters. The highest BCUT2D eigenvalue weighted by Crippen LogP contribution is 2.33. The van der Waals surface area contributed by atoms with Crippen molar-refractivity contribution in [2.24, 2.45) is 0 Å². The van der Waals surface area contributed by atoms with E-state index in [0.717, 1.165) is 5.56 Å². The van der Waals surface area contributed by atoms with Crippen LogP contribution in [0.3, 0.4) is 0 Å². The Bertz CT molecular complexity index is 1530. The van der Waals surface area contributed by atoms with Crippen molar-refractivity contribution in [2.75, 3.05) is 13.4 Å². The van der Waals surface area contributed by atoms with Gasteiger partial charge >= 0.3 is 0 Å². The highest BCUT2D eigenvalue weighted by atomic mass is 32.2. The lowest BCUT2D eigenvalue weighted by atomic mass is 9.99. The number of allylic oxidation sites excluding steroid dienone is 2. The molecule has 170 valence electrons. The van der Waals surface area contributed by atoms with E-state index in [0.29, 0.717) is 45.8 Å². The number of aromatic nitrogens is 4. The second-order valence-electron chi connectivity index (χ2n) is 7.79. The molecule has 2 heterocycles. The molecule has 0 saturated carbocycles. The summed E-state index contributed by atoms with van der Waals surface area (Å²) < 4.78 is 30.9. The van der Waals surface area contributed by atoms with E-state index < -0.39 is 9.84 Å². The molecule has 2 aromatic carbocycles. The van der Waals surface area contributed by atoms with E-state index in [1.165, 1.54) is 20.3 Å². The van der Waals surface area contributed by atoms with E-state index in [1.807, 2.05) is 4.40 Å². The number of nitrogens with one attached hydrogen (secondary N) is 1. The lowest BCUT2D eigenvalue weighted by Crippen LogP contribution is -2.04. The molecule has 2 N–H and O–H groups in total. The number of hydrogen-bond donors (Lipinski definition) is 2. The number of ether oxygens (including phenoxy) is 1. The first kappa shape index (κ1) is 22.4. The van der Waals surface area contributed by atoms with E-state index in [9.17, 15) is 13.5 Å². The molecular formula is C23H23N5O4S. The fourth-order valence-electron chi connectivity index (χ4n) is 3.83. The quantitative estimate of drug-likeness (QED) is 0.328. The second kappa shape index (κ2) is 8.28. The standard InChI is InChI=1S/C23H23N5O4S/c1-13(24)23(14(2)29)17-10-18-19(11-20(17)32-3)28-21(26-27-22(28)12-25-18)9-15-5-7-16(8-6-15)33(4,30)31/h5-8,10-12,24,29H,9H2,1-4H3/b23-14+,24-13?. The van der Waals surface area contributed by atoms with Gasteiger partial charge in [0.05, 0.1) is 35.0 Å². The summed E-state index contributed by atoms with van der Waals surface area (Å²) in [7, 11) is -1.74. The van der Waals surface area contributed by atoms with E-state index in [-0.39, 0.29) is 16.4 Å². The Hall–Kier alpha value is -3.79. The van der Waals surface area contributed by atoms with Gasteiger partial charge in [-0.3, -0.25) is 9.38 Å². The van der Waals surface area contributed by atoms with Crippen molar-refractivity contribution in [3.63, 3.8) is 0 Å². The third-order valence-electron chi connectivity index (χ3n) is 5.33. The van der Waals surface area contributed by atoms with Crippen molar-refractivity contribution < 1.29 is 18.3 Å². The zero-order valence-corrected chi connectivity index (χ0v) is 19.4. The van der Waals surface area contributed by atoms with Crippen molar-refractivity contribution in [1.82, 2.24) is 19.6 Å². The molecule has 0 aliphatic rings. The third kappa shape index (κ3) is 4.17. The smallest absolute Gasteiger partial charge is 0.179 e.